The number of carboxylic acid groups (broad SMARTS) is 1. The Morgan fingerprint density at radius 2 is 2.21 bits per heavy atom. The maximum absolute atomic E-state index is 13.1. The molecule has 24 heavy (non-hydrogen) atoms. The fourth-order valence-corrected chi connectivity index (χ4v) is 3.13. The minimum atomic E-state index is -0.956. The average Bonchev–Trinajstić information content (AvgIpc) is 2.54. The van der Waals surface area contributed by atoms with Gasteiger partial charge in [0.05, 0.1) is 36.8 Å². The van der Waals surface area contributed by atoms with Crippen molar-refractivity contribution in [2.24, 2.45) is 0 Å². The van der Waals surface area contributed by atoms with Gasteiger partial charge < -0.3 is 14.7 Å². The van der Waals surface area contributed by atoms with Gasteiger partial charge in [0.1, 0.15) is 0 Å². The van der Waals surface area contributed by atoms with Crippen LogP contribution in [-0.2, 0) is 9.53 Å². The number of morpholine rings is 1. The number of benzene rings is 1. The van der Waals surface area contributed by atoms with E-state index in [-0.39, 0.29) is 18.9 Å². The van der Waals surface area contributed by atoms with Gasteiger partial charge in [0.15, 0.2) is 0 Å². The van der Waals surface area contributed by atoms with E-state index in [0.29, 0.717) is 34.6 Å². The summed E-state index contributed by atoms with van der Waals surface area (Å²) < 4.78 is 5.34. The van der Waals surface area contributed by atoms with Crippen molar-refractivity contribution in [3.63, 3.8) is 0 Å². The summed E-state index contributed by atoms with van der Waals surface area (Å²) in [7, 11) is 0. The van der Waals surface area contributed by atoms with Gasteiger partial charge in [-0.15, -0.1) is 0 Å². The summed E-state index contributed by atoms with van der Waals surface area (Å²) >= 11 is 6.07. The minimum absolute atomic E-state index is 0.144. The number of aromatic nitrogens is 1. The molecule has 2 aromatic rings. The number of hydrogen-bond donors (Lipinski definition) is 1. The molecule has 1 amide bonds. The quantitative estimate of drug-likeness (QED) is 0.921. The third-order valence-corrected chi connectivity index (χ3v) is 4.26. The van der Waals surface area contributed by atoms with Gasteiger partial charge in [0.2, 0.25) is 0 Å². The fraction of sp³-hybridized carbons (Fsp3) is 0.353. The first-order valence-corrected chi connectivity index (χ1v) is 8.01. The van der Waals surface area contributed by atoms with Crippen LogP contribution in [0.3, 0.4) is 0 Å². The molecule has 0 unspecified atom stereocenters. The van der Waals surface area contributed by atoms with Crippen LogP contribution in [0.25, 0.3) is 10.9 Å². The molecule has 0 spiro atoms. The Morgan fingerprint density at radius 3 is 2.96 bits per heavy atom. The van der Waals surface area contributed by atoms with Crippen molar-refractivity contribution >= 4 is 34.4 Å². The Balaban J connectivity index is 2.03. The number of carbonyl (C=O) groups excluding carboxylic acids is 1. The van der Waals surface area contributed by atoms with Crippen LogP contribution in [-0.4, -0.2) is 52.7 Å². The predicted octanol–water partition coefficient (Wildman–Crippen LogP) is 2.51. The monoisotopic (exact) mass is 348 g/mol. The van der Waals surface area contributed by atoms with Crippen molar-refractivity contribution < 1.29 is 19.4 Å². The van der Waals surface area contributed by atoms with Crippen molar-refractivity contribution in [2.75, 3.05) is 19.8 Å². The highest BCUT2D eigenvalue weighted by atomic mass is 35.5. The van der Waals surface area contributed by atoms with Crippen molar-refractivity contribution in [1.29, 1.82) is 0 Å². The third kappa shape index (κ3) is 3.34. The number of halogens is 1. The lowest BCUT2D eigenvalue weighted by atomic mass is 10.0. The fourth-order valence-electron chi connectivity index (χ4n) is 2.95. The molecule has 1 N–H and O–H groups in total. The second-order valence-corrected chi connectivity index (χ2v) is 6.23. The summed E-state index contributed by atoms with van der Waals surface area (Å²) in [6.07, 6.45) is -0.144. The van der Waals surface area contributed by atoms with E-state index in [4.69, 9.17) is 21.4 Å². The lowest BCUT2D eigenvalue weighted by molar-refractivity contribution is -0.139. The second-order valence-electron chi connectivity index (χ2n) is 5.80. The first-order valence-electron chi connectivity index (χ1n) is 7.63. The zero-order valence-electron chi connectivity index (χ0n) is 13.2. The SMILES string of the molecule is Cc1cc(C(=O)N2CCOC[C@@H]2CC(=O)O)c2cc(Cl)ccc2n1. The molecule has 0 aliphatic carbocycles. The Kier molecular flexibility index (Phi) is 4.69. The number of hydrogen-bond acceptors (Lipinski definition) is 4. The maximum Gasteiger partial charge on any atom is 0.305 e. The molecule has 1 aliphatic heterocycles. The highest BCUT2D eigenvalue weighted by Crippen LogP contribution is 2.25. The van der Waals surface area contributed by atoms with E-state index in [1.807, 2.05) is 6.92 Å². The summed E-state index contributed by atoms with van der Waals surface area (Å²) in [5.41, 5.74) is 1.89. The van der Waals surface area contributed by atoms with Gasteiger partial charge in [0.25, 0.3) is 5.91 Å². The van der Waals surface area contributed by atoms with Gasteiger partial charge in [0, 0.05) is 22.6 Å². The molecule has 3 rings (SSSR count). The smallest absolute Gasteiger partial charge is 0.305 e. The summed E-state index contributed by atoms with van der Waals surface area (Å²) in [4.78, 5) is 30.1. The molecular weight excluding hydrogens is 332 g/mol. The van der Waals surface area contributed by atoms with E-state index in [1.165, 1.54) is 0 Å². The Bertz CT molecular complexity index is 809. The molecule has 1 aromatic carbocycles. The molecule has 1 aromatic heterocycles. The van der Waals surface area contributed by atoms with E-state index in [0.717, 1.165) is 5.69 Å². The van der Waals surface area contributed by atoms with Crippen molar-refractivity contribution in [3.8, 4) is 0 Å². The van der Waals surface area contributed by atoms with Crippen molar-refractivity contribution in [2.45, 2.75) is 19.4 Å². The van der Waals surface area contributed by atoms with E-state index < -0.39 is 12.0 Å². The molecule has 0 bridgehead atoms. The lowest BCUT2D eigenvalue weighted by Crippen LogP contribution is -2.49. The number of carbonyl (C=O) groups is 2. The maximum atomic E-state index is 13.1. The van der Waals surface area contributed by atoms with E-state index >= 15 is 0 Å². The van der Waals surface area contributed by atoms with Gasteiger partial charge in [-0.1, -0.05) is 11.6 Å². The van der Waals surface area contributed by atoms with Crippen LogP contribution >= 0.6 is 11.6 Å². The van der Waals surface area contributed by atoms with Crippen LogP contribution in [0.2, 0.25) is 5.02 Å². The number of rotatable bonds is 3. The van der Waals surface area contributed by atoms with Crippen LogP contribution in [0.5, 0.6) is 0 Å². The van der Waals surface area contributed by atoms with Crippen molar-refractivity contribution in [1.82, 2.24) is 9.88 Å². The number of pyridine rings is 1. The van der Waals surface area contributed by atoms with Gasteiger partial charge in [-0.2, -0.15) is 0 Å². The van der Waals surface area contributed by atoms with Crippen LogP contribution in [0.15, 0.2) is 24.3 Å². The Hall–Kier alpha value is -2.18. The standard InChI is InChI=1S/C17H17ClN2O4/c1-10-6-14(13-7-11(18)2-3-15(13)19-10)17(23)20-4-5-24-9-12(20)8-16(21)22/h2-3,6-7,12H,4-5,8-9H2,1H3,(H,21,22)/t12-/m0/s1. The number of fused-ring (bicyclic) bond motifs is 1. The van der Waals surface area contributed by atoms with Gasteiger partial charge in [-0.3, -0.25) is 14.6 Å². The van der Waals surface area contributed by atoms with Gasteiger partial charge >= 0.3 is 5.97 Å². The molecule has 7 heteroatoms. The number of amides is 1. The predicted molar refractivity (Wildman–Crippen MR) is 89.4 cm³/mol. The minimum Gasteiger partial charge on any atom is -0.481 e. The van der Waals surface area contributed by atoms with Crippen LogP contribution < -0.4 is 0 Å². The topological polar surface area (TPSA) is 79.7 Å². The highest BCUT2D eigenvalue weighted by molar-refractivity contribution is 6.31. The first kappa shape index (κ1) is 16.7. The highest BCUT2D eigenvalue weighted by Gasteiger charge is 2.30. The molecule has 1 fully saturated rings. The van der Waals surface area contributed by atoms with Crippen LogP contribution in [0, 0.1) is 6.92 Å². The first-order chi connectivity index (χ1) is 11.5. The molecular formula is C17H17ClN2O4. The van der Waals surface area contributed by atoms with Crippen LogP contribution in [0.4, 0.5) is 0 Å². The van der Waals surface area contributed by atoms with Crippen molar-refractivity contribution in [3.05, 3.63) is 40.5 Å². The summed E-state index contributed by atoms with van der Waals surface area (Å²) in [5, 5.41) is 10.3. The number of ether oxygens (including phenoxy) is 1. The third-order valence-electron chi connectivity index (χ3n) is 4.03. The van der Waals surface area contributed by atoms with E-state index in [1.54, 1.807) is 29.2 Å². The van der Waals surface area contributed by atoms with E-state index in [2.05, 4.69) is 4.98 Å². The molecule has 0 radical (unpaired) electrons. The summed E-state index contributed by atoms with van der Waals surface area (Å²) in [6, 6.07) is 6.45. The van der Waals surface area contributed by atoms with Gasteiger partial charge in [-0.25, -0.2) is 0 Å². The zero-order chi connectivity index (χ0) is 17.3. The Morgan fingerprint density at radius 1 is 1.42 bits per heavy atom. The molecule has 2 heterocycles. The number of nitrogens with zero attached hydrogens (tertiary/aromatic N) is 2. The molecule has 1 aliphatic rings. The number of aryl methyl sites for hydroxylation is 1. The normalized spacial score (nSPS) is 17.9. The average molecular weight is 349 g/mol. The molecule has 1 saturated heterocycles. The van der Waals surface area contributed by atoms with Crippen LogP contribution in [0.1, 0.15) is 22.5 Å². The zero-order valence-corrected chi connectivity index (χ0v) is 13.9. The Labute approximate surface area is 144 Å². The largest absolute Gasteiger partial charge is 0.481 e. The lowest BCUT2D eigenvalue weighted by Gasteiger charge is -2.35. The number of aliphatic carboxylic acids is 1. The molecule has 0 saturated carbocycles. The second kappa shape index (κ2) is 6.75. The van der Waals surface area contributed by atoms with E-state index in [9.17, 15) is 9.59 Å². The summed E-state index contributed by atoms with van der Waals surface area (Å²) in [5.74, 6) is -1.18. The molecule has 126 valence electrons. The molecule has 6 nitrogen and oxygen atoms in total. The van der Waals surface area contributed by atoms with Gasteiger partial charge in [-0.05, 0) is 31.2 Å². The number of carboxylic acids is 1. The summed E-state index contributed by atoms with van der Waals surface area (Å²) in [6.45, 7) is 2.80. The molecule has 1 atom stereocenters.